The lowest BCUT2D eigenvalue weighted by Crippen LogP contribution is -2.16. The highest BCUT2D eigenvalue weighted by Gasteiger charge is 2.44. The van der Waals surface area contributed by atoms with Crippen LogP contribution >= 0.6 is 0 Å². The van der Waals surface area contributed by atoms with E-state index in [0.717, 1.165) is 11.1 Å². The molecule has 0 saturated heterocycles. The summed E-state index contributed by atoms with van der Waals surface area (Å²) >= 11 is 0. The number of carbonyl (C=O) groups excluding carboxylic acids is 1. The zero-order chi connectivity index (χ0) is 17.4. The molecule has 0 aromatic heterocycles. The Morgan fingerprint density at radius 1 is 1.12 bits per heavy atom. The van der Waals surface area contributed by atoms with Gasteiger partial charge in [0.05, 0.1) is 5.56 Å². The van der Waals surface area contributed by atoms with E-state index in [-0.39, 0.29) is 29.1 Å². The van der Waals surface area contributed by atoms with Crippen molar-refractivity contribution in [3.05, 3.63) is 64.5 Å². The van der Waals surface area contributed by atoms with Crippen LogP contribution in [0.5, 0.6) is 0 Å². The molecule has 0 radical (unpaired) electrons. The Morgan fingerprint density at radius 2 is 1.79 bits per heavy atom. The van der Waals surface area contributed by atoms with E-state index >= 15 is 0 Å². The molecule has 2 aromatic rings. The maximum absolute atomic E-state index is 13.0. The molecule has 24 heavy (non-hydrogen) atoms. The van der Waals surface area contributed by atoms with Crippen LogP contribution in [0.1, 0.15) is 39.4 Å². The Bertz CT molecular complexity index is 814. The van der Waals surface area contributed by atoms with Gasteiger partial charge in [-0.25, -0.2) is 9.18 Å². The first-order valence-electron chi connectivity index (χ1n) is 7.77. The second-order valence-electron chi connectivity index (χ2n) is 6.28. The van der Waals surface area contributed by atoms with Gasteiger partial charge in [-0.05, 0) is 61.1 Å². The van der Waals surface area contributed by atoms with E-state index in [1.807, 2.05) is 6.92 Å². The van der Waals surface area contributed by atoms with Crippen LogP contribution < -0.4 is 5.32 Å². The normalized spacial score (nSPS) is 19.0. The van der Waals surface area contributed by atoms with Crippen molar-refractivity contribution in [2.24, 2.45) is 5.92 Å². The Labute approximate surface area is 139 Å². The molecule has 0 spiro atoms. The molecule has 1 saturated carbocycles. The molecular weight excluding hydrogens is 309 g/mol. The molecule has 124 valence electrons. The van der Waals surface area contributed by atoms with Crippen molar-refractivity contribution < 1.29 is 19.1 Å². The fourth-order valence-corrected chi connectivity index (χ4v) is 3.01. The second kappa shape index (κ2) is 6.07. The maximum Gasteiger partial charge on any atom is 0.336 e. The number of amides is 1. The van der Waals surface area contributed by atoms with Crippen molar-refractivity contribution in [1.29, 1.82) is 0 Å². The number of rotatable bonds is 4. The number of aryl methyl sites for hydroxylation is 2. The van der Waals surface area contributed by atoms with E-state index in [0.29, 0.717) is 17.7 Å². The maximum atomic E-state index is 13.0. The van der Waals surface area contributed by atoms with Gasteiger partial charge in [0.1, 0.15) is 5.82 Å². The lowest BCUT2D eigenvalue weighted by atomic mass is 10.0. The summed E-state index contributed by atoms with van der Waals surface area (Å²) in [7, 11) is 0. The van der Waals surface area contributed by atoms with Crippen molar-refractivity contribution in [3.8, 4) is 0 Å². The molecule has 2 unspecified atom stereocenters. The summed E-state index contributed by atoms with van der Waals surface area (Å²) in [5, 5.41) is 12.0. The molecule has 1 aliphatic carbocycles. The minimum atomic E-state index is -1.02. The van der Waals surface area contributed by atoms with Crippen LogP contribution in [0.15, 0.2) is 36.4 Å². The predicted molar refractivity (Wildman–Crippen MR) is 88.8 cm³/mol. The minimum absolute atomic E-state index is 0.0929. The van der Waals surface area contributed by atoms with Gasteiger partial charge >= 0.3 is 5.97 Å². The van der Waals surface area contributed by atoms with Crippen molar-refractivity contribution in [1.82, 2.24) is 0 Å². The standard InChI is InChI=1S/C19H18FNO3/c1-10-7-11(2)17(9-14(10)19(23)24)21-18(22)16-8-15(16)12-3-5-13(20)6-4-12/h3-7,9,15-16H,8H2,1-2H3,(H,21,22)(H,23,24). The smallest absolute Gasteiger partial charge is 0.336 e. The average Bonchev–Trinajstić information content (AvgIpc) is 3.31. The van der Waals surface area contributed by atoms with Crippen LogP contribution in [-0.2, 0) is 4.79 Å². The van der Waals surface area contributed by atoms with Gasteiger partial charge in [0.25, 0.3) is 0 Å². The lowest BCUT2D eigenvalue weighted by Gasteiger charge is -2.11. The molecule has 2 atom stereocenters. The molecule has 4 nitrogen and oxygen atoms in total. The van der Waals surface area contributed by atoms with E-state index in [4.69, 9.17) is 0 Å². The molecule has 3 rings (SSSR count). The molecule has 1 amide bonds. The largest absolute Gasteiger partial charge is 0.478 e. The zero-order valence-corrected chi connectivity index (χ0v) is 13.5. The molecule has 0 heterocycles. The van der Waals surface area contributed by atoms with Gasteiger partial charge in [-0.15, -0.1) is 0 Å². The second-order valence-corrected chi connectivity index (χ2v) is 6.28. The quantitative estimate of drug-likeness (QED) is 0.895. The third-order valence-corrected chi connectivity index (χ3v) is 4.49. The molecule has 0 bridgehead atoms. The number of nitrogens with one attached hydrogen (secondary N) is 1. The number of hydrogen-bond donors (Lipinski definition) is 2. The monoisotopic (exact) mass is 327 g/mol. The third-order valence-electron chi connectivity index (χ3n) is 4.49. The highest BCUT2D eigenvalue weighted by atomic mass is 19.1. The van der Waals surface area contributed by atoms with Crippen LogP contribution in [0.3, 0.4) is 0 Å². The summed E-state index contributed by atoms with van der Waals surface area (Å²) in [4.78, 5) is 23.6. The molecule has 2 N–H and O–H groups in total. The fraction of sp³-hybridized carbons (Fsp3) is 0.263. The highest BCUT2D eigenvalue weighted by molar-refractivity contribution is 5.98. The Hall–Kier alpha value is -2.69. The summed E-state index contributed by atoms with van der Waals surface area (Å²) in [6.45, 7) is 3.56. The number of benzene rings is 2. The number of carbonyl (C=O) groups is 2. The van der Waals surface area contributed by atoms with Crippen LogP contribution in [0.25, 0.3) is 0 Å². The number of halogens is 1. The number of aromatic carboxylic acids is 1. The minimum Gasteiger partial charge on any atom is -0.478 e. The van der Waals surface area contributed by atoms with Gasteiger partial charge in [-0.1, -0.05) is 18.2 Å². The van der Waals surface area contributed by atoms with Gasteiger partial charge < -0.3 is 10.4 Å². The first-order chi connectivity index (χ1) is 11.4. The third kappa shape index (κ3) is 3.15. The van der Waals surface area contributed by atoms with Crippen molar-refractivity contribution in [2.45, 2.75) is 26.2 Å². The Morgan fingerprint density at radius 3 is 2.42 bits per heavy atom. The molecule has 5 heteroatoms. The predicted octanol–water partition coefficient (Wildman–Crippen LogP) is 3.88. The van der Waals surface area contributed by atoms with Gasteiger partial charge in [-0.2, -0.15) is 0 Å². The summed E-state index contributed by atoms with van der Waals surface area (Å²) in [6, 6.07) is 9.45. The summed E-state index contributed by atoms with van der Waals surface area (Å²) in [5.41, 5.74) is 3.14. The van der Waals surface area contributed by atoms with Crippen LogP contribution in [0, 0.1) is 25.6 Å². The number of hydrogen-bond acceptors (Lipinski definition) is 2. The molecule has 1 fully saturated rings. The van der Waals surface area contributed by atoms with Crippen molar-refractivity contribution in [3.63, 3.8) is 0 Å². The highest BCUT2D eigenvalue weighted by Crippen LogP contribution is 2.48. The fourth-order valence-electron chi connectivity index (χ4n) is 3.01. The van der Waals surface area contributed by atoms with E-state index in [2.05, 4.69) is 5.32 Å². The Kier molecular flexibility index (Phi) is 4.09. The average molecular weight is 327 g/mol. The van der Waals surface area contributed by atoms with E-state index in [1.165, 1.54) is 18.2 Å². The summed E-state index contributed by atoms with van der Waals surface area (Å²) in [6.07, 6.45) is 0.716. The van der Waals surface area contributed by atoms with Crippen LogP contribution in [0.2, 0.25) is 0 Å². The molecule has 0 aliphatic heterocycles. The number of carboxylic acids is 1. The number of anilines is 1. The van der Waals surface area contributed by atoms with Gasteiger partial charge in [0.15, 0.2) is 0 Å². The van der Waals surface area contributed by atoms with E-state index in [9.17, 15) is 19.1 Å². The molecule has 1 aliphatic rings. The first-order valence-corrected chi connectivity index (χ1v) is 7.77. The molecular formula is C19H18FNO3. The SMILES string of the molecule is Cc1cc(C)c(C(=O)O)cc1NC(=O)C1CC1c1ccc(F)cc1. The first kappa shape index (κ1) is 16.2. The zero-order valence-electron chi connectivity index (χ0n) is 13.5. The van der Waals surface area contributed by atoms with Gasteiger partial charge in [0.2, 0.25) is 5.91 Å². The van der Waals surface area contributed by atoms with Gasteiger partial charge in [0, 0.05) is 11.6 Å². The van der Waals surface area contributed by atoms with Crippen LogP contribution in [0.4, 0.5) is 10.1 Å². The van der Waals surface area contributed by atoms with Crippen molar-refractivity contribution in [2.75, 3.05) is 5.32 Å². The number of carboxylic acid groups (broad SMARTS) is 1. The van der Waals surface area contributed by atoms with E-state index in [1.54, 1.807) is 25.1 Å². The van der Waals surface area contributed by atoms with Crippen LogP contribution in [-0.4, -0.2) is 17.0 Å². The summed E-state index contributed by atoms with van der Waals surface area (Å²) < 4.78 is 13.0. The van der Waals surface area contributed by atoms with E-state index < -0.39 is 5.97 Å². The van der Waals surface area contributed by atoms with Gasteiger partial charge in [-0.3, -0.25) is 4.79 Å². The Balaban J connectivity index is 1.73. The topological polar surface area (TPSA) is 66.4 Å². The van der Waals surface area contributed by atoms with Crippen molar-refractivity contribution >= 4 is 17.6 Å². The molecule has 2 aromatic carbocycles. The lowest BCUT2D eigenvalue weighted by molar-refractivity contribution is -0.117. The summed E-state index contributed by atoms with van der Waals surface area (Å²) in [5.74, 6) is -1.51.